The van der Waals surface area contributed by atoms with Gasteiger partial charge in [0.05, 0.1) is 17.6 Å². The number of rotatable bonds is 6. The molecule has 0 aliphatic carbocycles. The van der Waals surface area contributed by atoms with Crippen molar-refractivity contribution in [3.8, 4) is 0 Å². The van der Waals surface area contributed by atoms with Gasteiger partial charge in [-0.05, 0) is 19.4 Å². The molecule has 160 valence electrons. The van der Waals surface area contributed by atoms with Crippen molar-refractivity contribution in [3.63, 3.8) is 0 Å². The molecule has 0 aromatic heterocycles. The smallest absolute Gasteiger partial charge is 0.336 e. The fourth-order valence-corrected chi connectivity index (χ4v) is 3.79. The van der Waals surface area contributed by atoms with Crippen LogP contribution in [0.2, 0.25) is 0 Å². The van der Waals surface area contributed by atoms with Crippen LogP contribution in [0.5, 0.6) is 0 Å². The summed E-state index contributed by atoms with van der Waals surface area (Å²) in [7, 11) is 1.23. The van der Waals surface area contributed by atoms with Crippen LogP contribution in [-0.2, 0) is 25.7 Å². The van der Waals surface area contributed by atoms with E-state index in [9.17, 15) is 19.7 Å². The predicted molar refractivity (Wildman–Crippen MR) is 113 cm³/mol. The standard InChI is InChI=1S/C23H22N2O6/c1-14-19(22(26)30-3)21(17-11-7-8-12-18(17)25(28)29)20(15(2)24-14)23(27)31-13-16-9-5-4-6-10-16/h4-12,19,21H,13H2,1-3H3. The number of nitro benzene ring substituents is 1. The van der Waals surface area contributed by atoms with Crippen LogP contribution < -0.4 is 0 Å². The van der Waals surface area contributed by atoms with Crippen LogP contribution in [0, 0.1) is 16.0 Å². The molecule has 1 aliphatic heterocycles. The largest absolute Gasteiger partial charge is 0.468 e. The van der Waals surface area contributed by atoms with Crippen LogP contribution in [0.1, 0.15) is 30.9 Å². The molecule has 0 bridgehead atoms. The summed E-state index contributed by atoms with van der Waals surface area (Å²) in [5.41, 5.74) is 1.67. The Balaban J connectivity index is 2.09. The molecule has 2 unspecified atom stereocenters. The van der Waals surface area contributed by atoms with Gasteiger partial charge >= 0.3 is 11.9 Å². The van der Waals surface area contributed by atoms with E-state index in [-0.39, 0.29) is 23.4 Å². The second kappa shape index (κ2) is 9.34. The first-order valence-electron chi connectivity index (χ1n) is 9.63. The molecule has 0 spiro atoms. The van der Waals surface area contributed by atoms with E-state index in [0.717, 1.165) is 5.56 Å². The Morgan fingerprint density at radius 3 is 2.35 bits per heavy atom. The average molecular weight is 422 g/mol. The highest BCUT2D eigenvalue weighted by Crippen LogP contribution is 2.43. The number of carbonyl (C=O) groups excluding carboxylic acids is 2. The Labute approximate surface area is 179 Å². The van der Waals surface area contributed by atoms with Gasteiger partial charge in [0, 0.05) is 29.0 Å². The lowest BCUT2D eigenvalue weighted by molar-refractivity contribution is -0.385. The number of ether oxygens (including phenoxy) is 2. The zero-order chi connectivity index (χ0) is 22.5. The second-order valence-corrected chi connectivity index (χ2v) is 7.11. The van der Waals surface area contributed by atoms with Crippen LogP contribution in [0.3, 0.4) is 0 Å². The zero-order valence-electron chi connectivity index (χ0n) is 17.4. The summed E-state index contributed by atoms with van der Waals surface area (Å²) in [5, 5.41) is 11.7. The Kier molecular flexibility index (Phi) is 6.59. The Hall–Kier alpha value is -3.81. The first kappa shape index (κ1) is 21.9. The van der Waals surface area contributed by atoms with Crippen molar-refractivity contribution in [2.45, 2.75) is 26.4 Å². The van der Waals surface area contributed by atoms with E-state index < -0.39 is 28.7 Å². The molecule has 3 rings (SSSR count). The summed E-state index contributed by atoms with van der Waals surface area (Å²) >= 11 is 0. The van der Waals surface area contributed by atoms with Gasteiger partial charge < -0.3 is 9.47 Å². The maximum atomic E-state index is 13.1. The second-order valence-electron chi connectivity index (χ2n) is 7.11. The van der Waals surface area contributed by atoms with Gasteiger partial charge in [-0.15, -0.1) is 0 Å². The number of carbonyl (C=O) groups is 2. The number of allylic oxidation sites excluding steroid dienone is 1. The third-order valence-corrected chi connectivity index (χ3v) is 5.18. The molecule has 8 nitrogen and oxygen atoms in total. The molecule has 0 radical (unpaired) electrons. The summed E-state index contributed by atoms with van der Waals surface area (Å²) in [6, 6.07) is 15.2. The fourth-order valence-electron chi connectivity index (χ4n) is 3.79. The van der Waals surface area contributed by atoms with Gasteiger partial charge in [-0.2, -0.15) is 0 Å². The highest BCUT2D eigenvalue weighted by atomic mass is 16.6. The molecule has 1 aliphatic rings. The van der Waals surface area contributed by atoms with Gasteiger partial charge in [0.1, 0.15) is 12.5 Å². The number of hydrogen-bond acceptors (Lipinski definition) is 7. The molecule has 0 saturated carbocycles. The molecule has 2 aromatic carbocycles. The van der Waals surface area contributed by atoms with Crippen molar-refractivity contribution in [1.82, 2.24) is 0 Å². The zero-order valence-corrected chi connectivity index (χ0v) is 17.4. The third kappa shape index (κ3) is 4.53. The Bertz CT molecular complexity index is 1070. The third-order valence-electron chi connectivity index (χ3n) is 5.18. The van der Waals surface area contributed by atoms with E-state index in [0.29, 0.717) is 11.4 Å². The first-order valence-corrected chi connectivity index (χ1v) is 9.63. The van der Waals surface area contributed by atoms with E-state index in [1.165, 1.54) is 25.3 Å². The van der Waals surface area contributed by atoms with Crippen LogP contribution >= 0.6 is 0 Å². The van der Waals surface area contributed by atoms with E-state index in [1.54, 1.807) is 19.9 Å². The topological polar surface area (TPSA) is 108 Å². The van der Waals surface area contributed by atoms with Crippen LogP contribution in [0.4, 0.5) is 5.69 Å². The number of para-hydroxylation sites is 1. The number of esters is 2. The van der Waals surface area contributed by atoms with Gasteiger partial charge in [-0.1, -0.05) is 48.5 Å². The summed E-state index contributed by atoms with van der Waals surface area (Å²) < 4.78 is 10.4. The highest BCUT2D eigenvalue weighted by molar-refractivity contribution is 6.07. The van der Waals surface area contributed by atoms with Gasteiger partial charge in [0.15, 0.2) is 0 Å². The molecule has 31 heavy (non-hydrogen) atoms. The number of aliphatic imine (C=N–C) groups is 1. The molecule has 2 aromatic rings. The molecular weight excluding hydrogens is 400 g/mol. The predicted octanol–water partition coefficient (Wildman–Crippen LogP) is 3.96. The van der Waals surface area contributed by atoms with E-state index >= 15 is 0 Å². The number of benzene rings is 2. The maximum Gasteiger partial charge on any atom is 0.336 e. The molecular formula is C23H22N2O6. The van der Waals surface area contributed by atoms with Crippen LogP contribution in [-0.4, -0.2) is 29.7 Å². The number of hydrogen-bond donors (Lipinski definition) is 0. The van der Waals surface area contributed by atoms with E-state index in [1.807, 2.05) is 30.3 Å². The van der Waals surface area contributed by atoms with Crippen molar-refractivity contribution < 1.29 is 24.0 Å². The molecule has 2 atom stereocenters. The summed E-state index contributed by atoms with van der Waals surface area (Å²) in [6.07, 6.45) is 0. The lowest BCUT2D eigenvalue weighted by atomic mass is 9.75. The van der Waals surface area contributed by atoms with Crippen molar-refractivity contribution in [2.75, 3.05) is 7.11 Å². The molecule has 0 fully saturated rings. The van der Waals surface area contributed by atoms with Crippen molar-refractivity contribution in [3.05, 3.63) is 87.1 Å². The first-order chi connectivity index (χ1) is 14.8. The molecule has 0 saturated heterocycles. The molecule has 0 N–H and O–H groups in total. The lowest BCUT2D eigenvalue weighted by Crippen LogP contribution is -2.36. The average Bonchev–Trinajstić information content (AvgIpc) is 2.77. The minimum absolute atomic E-state index is 0.0195. The van der Waals surface area contributed by atoms with Crippen molar-refractivity contribution in [2.24, 2.45) is 10.9 Å². The molecule has 1 heterocycles. The Morgan fingerprint density at radius 1 is 1.06 bits per heavy atom. The quantitative estimate of drug-likeness (QED) is 0.396. The van der Waals surface area contributed by atoms with Gasteiger partial charge in [0.2, 0.25) is 0 Å². The minimum Gasteiger partial charge on any atom is -0.468 e. The highest BCUT2D eigenvalue weighted by Gasteiger charge is 2.44. The summed E-state index contributed by atoms with van der Waals surface area (Å²) in [4.78, 5) is 41.3. The SMILES string of the molecule is COC(=O)C1C(C)=NC(C)=C(C(=O)OCc2ccccc2)C1c1ccccc1[N+](=O)[O-]. The molecule has 8 heteroatoms. The fraction of sp³-hybridized carbons (Fsp3) is 0.261. The van der Waals surface area contributed by atoms with Crippen LogP contribution in [0.25, 0.3) is 0 Å². The summed E-state index contributed by atoms with van der Waals surface area (Å²) in [6.45, 7) is 3.28. The Morgan fingerprint density at radius 2 is 1.71 bits per heavy atom. The number of methoxy groups -OCH3 is 1. The van der Waals surface area contributed by atoms with Gasteiger partial charge in [0.25, 0.3) is 5.69 Å². The van der Waals surface area contributed by atoms with Crippen LogP contribution in [0.15, 0.2) is 70.9 Å². The summed E-state index contributed by atoms with van der Waals surface area (Å²) in [5.74, 6) is -3.27. The monoisotopic (exact) mass is 422 g/mol. The number of nitro groups is 1. The lowest BCUT2D eigenvalue weighted by Gasteiger charge is -2.31. The normalized spacial score (nSPS) is 18.2. The van der Waals surface area contributed by atoms with Gasteiger partial charge in [-0.25, -0.2) is 4.79 Å². The van der Waals surface area contributed by atoms with Crippen molar-refractivity contribution >= 4 is 23.3 Å². The van der Waals surface area contributed by atoms with Gasteiger partial charge in [-0.3, -0.25) is 19.9 Å². The van der Waals surface area contributed by atoms with E-state index in [4.69, 9.17) is 9.47 Å². The van der Waals surface area contributed by atoms with E-state index in [2.05, 4.69) is 4.99 Å². The molecule has 0 amide bonds. The van der Waals surface area contributed by atoms with Crippen molar-refractivity contribution in [1.29, 1.82) is 0 Å². The minimum atomic E-state index is -0.992. The maximum absolute atomic E-state index is 13.1. The number of nitrogens with zero attached hydrogens (tertiary/aromatic N) is 2.